The first-order valence-corrected chi connectivity index (χ1v) is 17.6. The largest absolute Gasteiger partial charge is 0.208 e. The molecule has 7 aromatic carbocycles. The fourth-order valence-corrected chi connectivity index (χ4v) is 8.41. The van der Waals surface area contributed by atoms with Gasteiger partial charge in [0.05, 0.1) is 5.41 Å². The van der Waals surface area contributed by atoms with E-state index in [1.165, 1.54) is 32.0 Å². The molecule has 1 aliphatic rings. The van der Waals surface area contributed by atoms with Gasteiger partial charge < -0.3 is 0 Å². The molecule has 0 radical (unpaired) electrons. The minimum absolute atomic E-state index is 0.548. The highest BCUT2D eigenvalue weighted by molar-refractivity contribution is 7.99. The third-order valence-electron chi connectivity index (χ3n) is 9.49. The molecule has 8 aromatic rings. The smallest absolute Gasteiger partial charge is 0.164 e. The van der Waals surface area contributed by atoms with Crippen molar-refractivity contribution in [2.24, 2.45) is 0 Å². The van der Waals surface area contributed by atoms with Crippen LogP contribution in [0.25, 0.3) is 45.3 Å². The molecule has 0 unspecified atom stereocenters. The van der Waals surface area contributed by atoms with Crippen LogP contribution in [-0.2, 0) is 5.41 Å². The number of nitrogens with zero attached hydrogens (tertiary/aromatic N) is 3. The first-order valence-electron chi connectivity index (χ1n) is 16.8. The molecule has 0 atom stereocenters. The second-order valence-corrected chi connectivity index (χ2v) is 13.5. The Balaban J connectivity index is 1.31. The standard InChI is InChI=1S/C46H31N3S/c1-5-17-32(18-6-1)37-25-13-14-26-38(37)45-48-43(33-19-7-2-8-20-33)47-44(49-45)34-29-30-42-40(31-34)46(35-21-9-3-10-22-35,36-23-11-4-12-24-36)39-27-15-16-28-41(39)50-42/h1-31H. The lowest BCUT2D eigenvalue weighted by Gasteiger charge is -2.42. The summed E-state index contributed by atoms with van der Waals surface area (Å²) in [4.78, 5) is 18.0. The summed E-state index contributed by atoms with van der Waals surface area (Å²) in [6.07, 6.45) is 0. The lowest BCUT2D eigenvalue weighted by atomic mass is 9.64. The van der Waals surface area contributed by atoms with Gasteiger partial charge in [0.25, 0.3) is 0 Å². The van der Waals surface area contributed by atoms with Crippen LogP contribution in [0.3, 0.4) is 0 Å². The Morgan fingerprint density at radius 1 is 0.340 bits per heavy atom. The summed E-state index contributed by atoms with van der Waals surface area (Å²) in [6.45, 7) is 0. The molecule has 0 aliphatic carbocycles. The molecule has 236 valence electrons. The average Bonchev–Trinajstić information content (AvgIpc) is 3.21. The van der Waals surface area contributed by atoms with E-state index in [4.69, 9.17) is 15.0 Å². The van der Waals surface area contributed by atoms with Crippen molar-refractivity contribution in [3.05, 3.63) is 210 Å². The summed E-state index contributed by atoms with van der Waals surface area (Å²) in [5.74, 6) is 1.92. The van der Waals surface area contributed by atoms with Gasteiger partial charge in [0.1, 0.15) is 0 Å². The first kappa shape index (κ1) is 30.0. The Hall–Kier alpha value is -6.10. The molecule has 0 bridgehead atoms. The molecule has 0 spiro atoms. The average molecular weight is 658 g/mol. The lowest BCUT2D eigenvalue weighted by molar-refractivity contribution is 0.703. The van der Waals surface area contributed by atoms with Crippen molar-refractivity contribution in [3.8, 4) is 45.3 Å². The molecule has 9 rings (SSSR count). The molecular weight excluding hydrogens is 627 g/mol. The van der Waals surface area contributed by atoms with E-state index in [1.54, 1.807) is 0 Å². The maximum atomic E-state index is 5.24. The SMILES string of the molecule is c1ccc(-c2nc(-c3ccc4c(c3)C(c3ccccc3)(c3ccccc3)c3ccccc3S4)nc(-c3ccccc3-c3ccccc3)n2)cc1. The number of fused-ring (bicyclic) bond motifs is 2. The summed E-state index contributed by atoms with van der Waals surface area (Å²) >= 11 is 1.82. The molecule has 2 heterocycles. The molecular formula is C46H31N3S. The third-order valence-corrected chi connectivity index (χ3v) is 10.6. The Morgan fingerprint density at radius 2 is 0.820 bits per heavy atom. The summed E-state index contributed by atoms with van der Waals surface area (Å²) < 4.78 is 0. The molecule has 4 heteroatoms. The zero-order valence-corrected chi connectivity index (χ0v) is 28.0. The van der Waals surface area contributed by atoms with Gasteiger partial charge in [-0.15, -0.1) is 0 Å². The molecule has 0 fully saturated rings. The topological polar surface area (TPSA) is 38.7 Å². The third kappa shape index (κ3) is 5.13. The number of hydrogen-bond acceptors (Lipinski definition) is 4. The highest BCUT2D eigenvalue weighted by atomic mass is 32.2. The second kappa shape index (κ2) is 12.7. The highest BCUT2D eigenvalue weighted by Crippen LogP contribution is 2.56. The van der Waals surface area contributed by atoms with E-state index in [-0.39, 0.29) is 0 Å². The molecule has 0 saturated heterocycles. The minimum atomic E-state index is -0.548. The Bertz CT molecular complexity index is 2410. The van der Waals surface area contributed by atoms with Crippen LogP contribution in [0.2, 0.25) is 0 Å². The molecule has 50 heavy (non-hydrogen) atoms. The van der Waals surface area contributed by atoms with Crippen LogP contribution in [-0.4, -0.2) is 15.0 Å². The van der Waals surface area contributed by atoms with Gasteiger partial charge in [0.15, 0.2) is 17.5 Å². The van der Waals surface area contributed by atoms with Gasteiger partial charge in [-0.2, -0.15) is 0 Å². The Kier molecular flexibility index (Phi) is 7.64. The minimum Gasteiger partial charge on any atom is -0.208 e. The Morgan fingerprint density at radius 3 is 1.48 bits per heavy atom. The van der Waals surface area contributed by atoms with Gasteiger partial charge in [-0.25, -0.2) is 15.0 Å². The molecule has 1 aliphatic heterocycles. The second-order valence-electron chi connectivity index (χ2n) is 12.4. The molecule has 3 nitrogen and oxygen atoms in total. The number of rotatable bonds is 6. The summed E-state index contributed by atoms with van der Waals surface area (Å²) in [5.41, 5.74) is 9.41. The fraction of sp³-hybridized carbons (Fsp3) is 0.0217. The zero-order valence-electron chi connectivity index (χ0n) is 27.1. The van der Waals surface area contributed by atoms with Crippen molar-refractivity contribution in [2.45, 2.75) is 15.2 Å². The summed E-state index contributed by atoms with van der Waals surface area (Å²) in [6, 6.07) is 66.3. The van der Waals surface area contributed by atoms with E-state index < -0.39 is 5.41 Å². The fourth-order valence-electron chi connectivity index (χ4n) is 7.23. The van der Waals surface area contributed by atoms with Crippen LogP contribution in [0.15, 0.2) is 198 Å². The van der Waals surface area contributed by atoms with Crippen molar-refractivity contribution in [1.82, 2.24) is 15.0 Å². The molecule has 0 N–H and O–H groups in total. The first-order chi connectivity index (χ1) is 24.8. The van der Waals surface area contributed by atoms with E-state index in [0.29, 0.717) is 17.5 Å². The monoisotopic (exact) mass is 657 g/mol. The van der Waals surface area contributed by atoms with Crippen LogP contribution >= 0.6 is 11.8 Å². The van der Waals surface area contributed by atoms with Crippen molar-refractivity contribution >= 4 is 11.8 Å². The maximum absolute atomic E-state index is 5.24. The predicted molar refractivity (Wildman–Crippen MR) is 204 cm³/mol. The molecule has 0 amide bonds. The lowest BCUT2D eigenvalue weighted by Crippen LogP contribution is -2.34. The van der Waals surface area contributed by atoms with Gasteiger partial charge in [-0.05, 0) is 51.6 Å². The number of benzene rings is 7. The molecule has 0 saturated carbocycles. The highest BCUT2D eigenvalue weighted by Gasteiger charge is 2.44. The van der Waals surface area contributed by atoms with Gasteiger partial charge in [-0.3, -0.25) is 0 Å². The zero-order chi connectivity index (χ0) is 33.3. The maximum Gasteiger partial charge on any atom is 0.164 e. The van der Waals surface area contributed by atoms with Gasteiger partial charge in [0.2, 0.25) is 0 Å². The van der Waals surface area contributed by atoms with Crippen LogP contribution in [0.4, 0.5) is 0 Å². The predicted octanol–water partition coefficient (Wildman–Crippen LogP) is 11.4. The quantitative estimate of drug-likeness (QED) is 0.178. The van der Waals surface area contributed by atoms with Crippen molar-refractivity contribution in [1.29, 1.82) is 0 Å². The van der Waals surface area contributed by atoms with E-state index in [9.17, 15) is 0 Å². The van der Waals surface area contributed by atoms with Crippen LogP contribution in [0.5, 0.6) is 0 Å². The summed E-state index contributed by atoms with van der Waals surface area (Å²) in [5, 5.41) is 0. The van der Waals surface area contributed by atoms with Crippen molar-refractivity contribution < 1.29 is 0 Å². The van der Waals surface area contributed by atoms with Crippen molar-refractivity contribution in [3.63, 3.8) is 0 Å². The Labute approximate surface area is 296 Å². The summed E-state index contributed by atoms with van der Waals surface area (Å²) in [7, 11) is 0. The van der Waals surface area contributed by atoms with Gasteiger partial charge >= 0.3 is 0 Å². The van der Waals surface area contributed by atoms with Gasteiger partial charge in [0, 0.05) is 26.5 Å². The van der Waals surface area contributed by atoms with Crippen LogP contribution in [0, 0.1) is 0 Å². The van der Waals surface area contributed by atoms with E-state index in [0.717, 1.165) is 27.8 Å². The van der Waals surface area contributed by atoms with E-state index >= 15 is 0 Å². The normalized spacial score (nSPS) is 12.9. The van der Waals surface area contributed by atoms with E-state index in [2.05, 4.69) is 164 Å². The van der Waals surface area contributed by atoms with Crippen LogP contribution < -0.4 is 0 Å². The van der Waals surface area contributed by atoms with E-state index in [1.807, 2.05) is 36.0 Å². The molecule has 1 aromatic heterocycles. The van der Waals surface area contributed by atoms with Gasteiger partial charge in [-0.1, -0.05) is 182 Å². The number of aromatic nitrogens is 3. The van der Waals surface area contributed by atoms with Crippen LogP contribution in [0.1, 0.15) is 22.3 Å². The number of hydrogen-bond donors (Lipinski definition) is 0. The van der Waals surface area contributed by atoms with Crippen molar-refractivity contribution in [2.75, 3.05) is 0 Å².